The molecule has 0 atom stereocenters. The van der Waals surface area contributed by atoms with Gasteiger partial charge in [0.1, 0.15) is 0 Å². The monoisotopic (exact) mass is 341 g/mol. The Balaban J connectivity index is 2.36. The molecular weight excluding hydrogens is 322 g/mol. The lowest BCUT2D eigenvalue weighted by atomic mass is 9.96. The Morgan fingerprint density at radius 3 is 2.32 bits per heavy atom. The van der Waals surface area contributed by atoms with E-state index in [2.05, 4.69) is 0 Å². The molecule has 0 amide bonds. The molecule has 0 fully saturated rings. The highest BCUT2D eigenvalue weighted by Gasteiger charge is 2.17. The van der Waals surface area contributed by atoms with E-state index in [0.717, 1.165) is 5.56 Å². The number of phenolic OH excluding ortho intramolecular Hbond substituents is 1. The molecule has 0 saturated heterocycles. The molecule has 1 N–H and O–H groups in total. The number of ketones is 1. The normalized spacial score (nSPS) is 10.0. The molecule has 25 heavy (non-hydrogen) atoms. The van der Waals surface area contributed by atoms with Crippen LogP contribution in [0.15, 0.2) is 30.3 Å². The van der Waals surface area contributed by atoms with Crippen LogP contribution in [0.4, 0.5) is 0 Å². The molecule has 0 radical (unpaired) electrons. The predicted octanol–water partition coefficient (Wildman–Crippen LogP) is 2.91. The van der Waals surface area contributed by atoms with Crippen molar-refractivity contribution in [2.75, 3.05) is 21.3 Å². The number of nitrogens with zero attached hydrogens (tertiary/aromatic N) is 1. The Morgan fingerprint density at radius 2 is 1.72 bits per heavy atom. The maximum absolute atomic E-state index is 12.7. The number of carbonyl (C=O) groups excluding carboxylic acids is 1. The number of rotatable bonds is 7. The molecule has 2 rings (SSSR count). The van der Waals surface area contributed by atoms with Crippen molar-refractivity contribution in [2.24, 2.45) is 0 Å². The summed E-state index contributed by atoms with van der Waals surface area (Å²) in [5.41, 5.74) is 1.56. The summed E-state index contributed by atoms with van der Waals surface area (Å²) in [4.78, 5) is 12.7. The standard InChI is InChI=1S/C19H19NO5/c1-23-17-5-4-12(9-19(17)25-3)8-15(21)14-11-18(24-2)16(22)10-13(14)6-7-20/h4-5,9-11,22H,6,8H2,1-3H3. The number of aromatic hydroxyl groups is 1. The van der Waals surface area contributed by atoms with E-state index in [4.69, 9.17) is 19.5 Å². The molecule has 0 aromatic heterocycles. The van der Waals surface area contributed by atoms with Crippen LogP contribution >= 0.6 is 0 Å². The van der Waals surface area contributed by atoms with Crippen LogP contribution in [0.3, 0.4) is 0 Å². The van der Waals surface area contributed by atoms with Crippen LogP contribution in [0.5, 0.6) is 23.0 Å². The Bertz CT molecular complexity index is 823. The summed E-state index contributed by atoms with van der Waals surface area (Å²) in [6, 6.07) is 10.1. The number of hydrogen-bond donors (Lipinski definition) is 1. The molecule has 0 aliphatic heterocycles. The molecule has 6 nitrogen and oxygen atoms in total. The summed E-state index contributed by atoms with van der Waals surface area (Å²) in [5.74, 6) is 1.02. The quantitative estimate of drug-likeness (QED) is 0.779. The van der Waals surface area contributed by atoms with Crippen molar-refractivity contribution in [1.29, 1.82) is 5.26 Å². The zero-order chi connectivity index (χ0) is 18.4. The summed E-state index contributed by atoms with van der Waals surface area (Å²) in [6.45, 7) is 0. The zero-order valence-corrected chi connectivity index (χ0v) is 14.3. The average molecular weight is 341 g/mol. The fourth-order valence-corrected chi connectivity index (χ4v) is 2.54. The third kappa shape index (κ3) is 4.01. The number of nitriles is 1. The second-order valence-electron chi connectivity index (χ2n) is 5.31. The first-order valence-electron chi connectivity index (χ1n) is 7.55. The molecule has 0 saturated carbocycles. The van der Waals surface area contributed by atoms with Gasteiger partial charge in [0.25, 0.3) is 0 Å². The van der Waals surface area contributed by atoms with Gasteiger partial charge in [-0.05, 0) is 35.4 Å². The van der Waals surface area contributed by atoms with E-state index in [0.29, 0.717) is 22.6 Å². The van der Waals surface area contributed by atoms with Gasteiger partial charge in [0.15, 0.2) is 28.8 Å². The first-order chi connectivity index (χ1) is 12.0. The highest BCUT2D eigenvalue weighted by atomic mass is 16.5. The van der Waals surface area contributed by atoms with Crippen LogP contribution in [0.25, 0.3) is 0 Å². The Hall–Kier alpha value is -3.20. The van der Waals surface area contributed by atoms with Crippen molar-refractivity contribution in [3.05, 3.63) is 47.0 Å². The Labute approximate surface area is 146 Å². The summed E-state index contributed by atoms with van der Waals surface area (Å²) >= 11 is 0. The second kappa shape index (κ2) is 8.06. The number of phenols is 1. The van der Waals surface area contributed by atoms with Crippen LogP contribution in [-0.2, 0) is 12.8 Å². The van der Waals surface area contributed by atoms with Crippen LogP contribution in [0.1, 0.15) is 21.5 Å². The Morgan fingerprint density at radius 1 is 1.04 bits per heavy atom. The third-order valence-electron chi connectivity index (χ3n) is 3.79. The average Bonchev–Trinajstić information content (AvgIpc) is 2.62. The molecule has 0 heterocycles. The van der Waals surface area contributed by atoms with Gasteiger partial charge in [-0.3, -0.25) is 4.79 Å². The predicted molar refractivity (Wildman–Crippen MR) is 91.6 cm³/mol. The van der Waals surface area contributed by atoms with Gasteiger partial charge in [0, 0.05) is 12.0 Å². The topological polar surface area (TPSA) is 88.8 Å². The van der Waals surface area contributed by atoms with E-state index < -0.39 is 0 Å². The van der Waals surface area contributed by atoms with E-state index in [1.165, 1.54) is 26.4 Å². The fourth-order valence-electron chi connectivity index (χ4n) is 2.54. The number of hydrogen-bond acceptors (Lipinski definition) is 6. The molecule has 0 aliphatic rings. The minimum atomic E-state index is -0.184. The first kappa shape index (κ1) is 18.1. The van der Waals surface area contributed by atoms with Crippen molar-refractivity contribution in [2.45, 2.75) is 12.8 Å². The molecule has 0 spiro atoms. The van der Waals surface area contributed by atoms with Crippen molar-refractivity contribution < 1.29 is 24.1 Å². The van der Waals surface area contributed by atoms with E-state index >= 15 is 0 Å². The molecule has 6 heteroatoms. The third-order valence-corrected chi connectivity index (χ3v) is 3.79. The maximum atomic E-state index is 12.7. The summed E-state index contributed by atoms with van der Waals surface area (Å²) in [6.07, 6.45) is 0.136. The molecule has 2 aromatic rings. The number of benzene rings is 2. The highest BCUT2D eigenvalue weighted by Crippen LogP contribution is 2.31. The summed E-state index contributed by atoms with van der Waals surface area (Å²) in [7, 11) is 4.47. The summed E-state index contributed by atoms with van der Waals surface area (Å²) in [5, 5.41) is 18.8. The lowest BCUT2D eigenvalue weighted by Crippen LogP contribution is -2.08. The first-order valence-corrected chi connectivity index (χ1v) is 7.55. The zero-order valence-electron chi connectivity index (χ0n) is 14.3. The van der Waals surface area contributed by atoms with Gasteiger partial charge in [0.2, 0.25) is 0 Å². The molecule has 2 aromatic carbocycles. The SMILES string of the molecule is COc1cc(C(=O)Cc2ccc(OC)c(OC)c2)c(CC#N)cc1O. The van der Waals surface area contributed by atoms with Gasteiger partial charge in [-0.2, -0.15) is 5.26 Å². The van der Waals surface area contributed by atoms with E-state index in [9.17, 15) is 9.90 Å². The molecule has 0 unspecified atom stereocenters. The van der Waals surface area contributed by atoms with Gasteiger partial charge in [-0.25, -0.2) is 0 Å². The van der Waals surface area contributed by atoms with Crippen LogP contribution in [0.2, 0.25) is 0 Å². The number of methoxy groups -OCH3 is 3. The van der Waals surface area contributed by atoms with Crippen LogP contribution in [0, 0.1) is 11.3 Å². The summed E-state index contributed by atoms with van der Waals surface area (Å²) < 4.78 is 15.5. The van der Waals surface area contributed by atoms with E-state index in [1.54, 1.807) is 25.3 Å². The number of Topliss-reactive ketones (excluding diaryl/α,β-unsaturated/α-hetero) is 1. The van der Waals surface area contributed by atoms with Crippen molar-refractivity contribution in [3.8, 4) is 29.1 Å². The van der Waals surface area contributed by atoms with E-state index in [-0.39, 0.29) is 30.1 Å². The molecular formula is C19H19NO5. The van der Waals surface area contributed by atoms with E-state index in [1.807, 2.05) is 6.07 Å². The van der Waals surface area contributed by atoms with Gasteiger partial charge in [0.05, 0.1) is 33.8 Å². The Kier molecular flexibility index (Phi) is 5.85. The highest BCUT2D eigenvalue weighted by molar-refractivity contribution is 5.99. The second-order valence-corrected chi connectivity index (χ2v) is 5.31. The fraction of sp³-hybridized carbons (Fsp3) is 0.263. The molecule has 0 aliphatic carbocycles. The van der Waals surface area contributed by atoms with Crippen molar-refractivity contribution >= 4 is 5.78 Å². The van der Waals surface area contributed by atoms with Gasteiger partial charge >= 0.3 is 0 Å². The van der Waals surface area contributed by atoms with Gasteiger partial charge in [-0.15, -0.1) is 0 Å². The lowest BCUT2D eigenvalue weighted by molar-refractivity contribution is 0.0992. The number of ether oxygens (including phenoxy) is 3. The van der Waals surface area contributed by atoms with Crippen LogP contribution in [-0.4, -0.2) is 32.2 Å². The minimum Gasteiger partial charge on any atom is -0.504 e. The minimum absolute atomic E-state index is 0.0184. The lowest BCUT2D eigenvalue weighted by Gasteiger charge is -2.12. The van der Waals surface area contributed by atoms with Gasteiger partial charge in [-0.1, -0.05) is 6.07 Å². The van der Waals surface area contributed by atoms with Crippen molar-refractivity contribution in [3.63, 3.8) is 0 Å². The smallest absolute Gasteiger partial charge is 0.167 e. The largest absolute Gasteiger partial charge is 0.504 e. The van der Waals surface area contributed by atoms with Gasteiger partial charge < -0.3 is 19.3 Å². The van der Waals surface area contributed by atoms with Crippen LogP contribution < -0.4 is 14.2 Å². The maximum Gasteiger partial charge on any atom is 0.167 e. The molecule has 0 bridgehead atoms. The van der Waals surface area contributed by atoms with Crippen molar-refractivity contribution in [1.82, 2.24) is 0 Å². The molecule has 130 valence electrons. The number of carbonyl (C=O) groups is 1.